The van der Waals surface area contributed by atoms with E-state index in [1.807, 2.05) is 27.7 Å². The van der Waals surface area contributed by atoms with Crippen molar-refractivity contribution in [2.75, 3.05) is 0 Å². The van der Waals surface area contributed by atoms with Crippen LogP contribution in [-0.4, -0.2) is 28.9 Å². The maximum absolute atomic E-state index is 11.5. The van der Waals surface area contributed by atoms with Crippen LogP contribution in [0.1, 0.15) is 47.0 Å². The van der Waals surface area contributed by atoms with Gasteiger partial charge in [0.05, 0.1) is 12.1 Å². The predicted octanol–water partition coefficient (Wildman–Crippen LogP) is 2.06. The summed E-state index contributed by atoms with van der Waals surface area (Å²) in [6.45, 7) is 7.42. The molecule has 4 heteroatoms. The van der Waals surface area contributed by atoms with Crippen LogP contribution in [0, 0.1) is 5.92 Å². The molecule has 1 amide bonds. The number of alkyl carbamates (subject to hydrolysis) is 1. The smallest absolute Gasteiger partial charge is 0.407 e. The summed E-state index contributed by atoms with van der Waals surface area (Å²) in [5.41, 5.74) is -0.493. The van der Waals surface area contributed by atoms with Crippen LogP contribution in [-0.2, 0) is 4.74 Å². The topological polar surface area (TPSA) is 58.6 Å². The highest BCUT2D eigenvalue weighted by molar-refractivity contribution is 5.68. The van der Waals surface area contributed by atoms with Gasteiger partial charge in [-0.2, -0.15) is 0 Å². The summed E-state index contributed by atoms with van der Waals surface area (Å²) < 4.78 is 5.16. The van der Waals surface area contributed by atoms with E-state index in [1.54, 1.807) is 0 Å². The fourth-order valence-electron chi connectivity index (χ4n) is 1.65. The minimum atomic E-state index is -0.493. The Hall–Kier alpha value is -0.770. The second-order valence-electron chi connectivity index (χ2n) is 5.49. The summed E-state index contributed by atoms with van der Waals surface area (Å²) in [5.74, 6) is 0.361. The van der Waals surface area contributed by atoms with Crippen molar-refractivity contribution in [3.63, 3.8) is 0 Å². The average Bonchev–Trinajstić information content (AvgIpc) is 2.93. The van der Waals surface area contributed by atoms with Crippen molar-refractivity contribution in [1.82, 2.24) is 5.32 Å². The minimum absolute atomic E-state index is 0.192. The molecule has 0 aromatic heterocycles. The van der Waals surface area contributed by atoms with Gasteiger partial charge in [-0.3, -0.25) is 0 Å². The molecule has 1 aliphatic rings. The number of aliphatic hydroxyl groups excluding tert-OH is 1. The molecule has 4 nitrogen and oxygen atoms in total. The predicted molar refractivity (Wildman–Crippen MR) is 62.2 cm³/mol. The normalized spacial score (nSPS) is 20.1. The van der Waals surface area contributed by atoms with Gasteiger partial charge in [-0.05, 0) is 46.0 Å². The second kappa shape index (κ2) is 5.04. The summed E-state index contributed by atoms with van der Waals surface area (Å²) >= 11 is 0. The quantitative estimate of drug-likeness (QED) is 0.775. The molecule has 1 rings (SSSR count). The molecule has 0 saturated heterocycles. The van der Waals surface area contributed by atoms with E-state index in [9.17, 15) is 9.90 Å². The fourth-order valence-corrected chi connectivity index (χ4v) is 1.65. The van der Waals surface area contributed by atoms with E-state index in [0.717, 1.165) is 19.3 Å². The van der Waals surface area contributed by atoms with E-state index in [-0.39, 0.29) is 6.04 Å². The number of carbonyl (C=O) groups is 1. The molecule has 2 atom stereocenters. The van der Waals surface area contributed by atoms with Gasteiger partial charge in [-0.25, -0.2) is 4.79 Å². The van der Waals surface area contributed by atoms with E-state index >= 15 is 0 Å². The Labute approximate surface area is 97.4 Å². The highest BCUT2D eigenvalue weighted by atomic mass is 16.6. The molecule has 0 aromatic rings. The first-order chi connectivity index (χ1) is 7.33. The number of amides is 1. The molecule has 0 spiro atoms. The molecular weight excluding hydrogens is 206 g/mol. The van der Waals surface area contributed by atoms with E-state index in [2.05, 4.69) is 5.32 Å². The van der Waals surface area contributed by atoms with Gasteiger partial charge in [0.15, 0.2) is 0 Å². The number of nitrogens with one attached hydrogen (secondary N) is 1. The van der Waals surface area contributed by atoms with E-state index in [0.29, 0.717) is 5.92 Å². The highest BCUT2D eigenvalue weighted by Gasteiger charge is 2.35. The van der Waals surface area contributed by atoms with Gasteiger partial charge in [-0.1, -0.05) is 6.92 Å². The largest absolute Gasteiger partial charge is 0.444 e. The number of aliphatic hydroxyl groups is 1. The van der Waals surface area contributed by atoms with Crippen LogP contribution < -0.4 is 5.32 Å². The van der Waals surface area contributed by atoms with Crippen LogP contribution in [0.25, 0.3) is 0 Å². The maximum atomic E-state index is 11.5. The molecular formula is C12H23NO3. The summed E-state index contributed by atoms with van der Waals surface area (Å²) in [7, 11) is 0. The molecule has 94 valence electrons. The third-order valence-electron chi connectivity index (χ3n) is 2.66. The average molecular weight is 229 g/mol. The first-order valence-corrected chi connectivity index (χ1v) is 6.01. The summed E-state index contributed by atoms with van der Waals surface area (Å²) in [5, 5.41) is 12.7. The monoisotopic (exact) mass is 229 g/mol. The van der Waals surface area contributed by atoms with Crippen molar-refractivity contribution in [3.8, 4) is 0 Å². The lowest BCUT2D eigenvalue weighted by Crippen LogP contribution is -2.45. The molecule has 0 bridgehead atoms. The van der Waals surface area contributed by atoms with E-state index in [4.69, 9.17) is 4.74 Å². The molecule has 0 radical (unpaired) electrons. The summed E-state index contributed by atoms with van der Waals surface area (Å²) in [6.07, 6.45) is 1.97. The molecule has 1 unspecified atom stereocenters. The molecule has 0 heterocycles. The van der Waals surface area contributed by atoms with Crippen molar-refractivity contribution < 1.29 is 14.6 Å². The molecule has 0 aromatic carbocycles. The number of rotatable bonds is 4. The molecule has 2 N–H and O–H groups in total. The van der Waals surface area contributed by atoms with Crippen LogP contribution in [0.5, 0.6) is 0 Å². The number of ether oxygens (including phenoxy) is 1. The maximum Gasteiger partial charge on any atom is 0.407 e. The molecule has 0 aliphatic heterocycles. The Kier molecular flexibility index (Phi) is 4.19. The van der Waals surface area contributed by atoms with Crippen LogP contribution in [0.3, 0.4) is 0 Å². The Morgan fingerprint density at radius 3 is 2.44 bits per heavy atom. The first kappa shape index (κ1) is 13.3. The zero-order valence-corrected chi connectivity index (χ0v) is 10.6. The summed E-state index contributed by atoms with van der Waals surface area (Å²) in [4.78, 5) is 11.5. The third kappa shape index (κ3) is 4.39. The number of hydrogen-bond donors (Lipinski definition) is 2. The van der Waals surface area contributed by atoms with Gasteiger partial charge < -0.3 is 15.2 Å². The highest BCUT2D eigenvalue weighted by Crippen LogP contribution is 2.34. The fraction of sp³-hybridized carbons (Fsp3) is 0.917. The molecule has 1 fully saturated rings. The lowest BCUT2D eigenvalue weighted by molar-refractivity contribution is 0.0393. The Morgan fingerprint density at radius 1 is 1.50 bits per heavy atom. The van der Waals surface area contributed by atoms with Gasteiger partial charge in [-0.15, -0.1) is 0 Å². The number of hydrogen-bond acceptors (Lipinski definition) is 3. The SMILES string of the molecule is CC[C@H](NC(=O)OC(C)(C)C)C(O)C1CC1. The van der Waals surface area contributed by atoms with Gasteiger partial charge in [0.1, 0.15) is 5.60 Å². The van der Waals surface area contributed by atoms with Crippen molar-refractivity contribution in [2.45, 2.75) is 64.7 Å². The van der Waals surface area contributed by atoms with Crippen molar-refractivity contribution in [1.29, 1.82) is 0 Å². The van der Waals surface area contributed by atoms with E-state index < -0.39 is 17.8 Å². The van der Waals surface area contributed by atoms with Gasteiger partial charge in [0.25, 0.3) is 0 Å². The van der Waals surface area contributed by atoms with Crippen LogP contribution in [0.15, 0.2) is 0 Å². The zero-order chi connectivity index (χ0) is 12.3. The third-order valence-corrected chi connectivity index (χ3v) is 2.66. The van der Waals surface area contributed by atoms with E-state index in [1.165, 1.54) is 0 Å². The van der Waals surface area contributed by atoms with Gasteiger partial charge >= 0.3 is 6.09 Å². The van der Waals surface area contributed by atoms with Crippen molar-refractivity contribution >= 4 is 6.09 Å². The molecule has 1 aliphatic carbocycles. The van der Waals surface area contributed by atoms with Gasteiger partial charge in [0.2, 0.25) is 0 Å². The zero-order valence-electron chi connectivity index (χ0n) is 10.6. The van der Waals surface area contributed by atoms with Crippen molar-refractivity contribution in [2.24, 2.45) is 5.92 Å². The first-order valence-electron chi connectivity index (χ1n) is 6.01. The van der Waals surface area contributed by atoms with Crippen LogP contribution in [0.2, 0.25) is 0 Å². The second-order valence-corrected chi connectivity index (χ2v) is 5.49. The minimum Gasteiger partial charge on any atom is -0.444 e. The Morgan fingerprint density at radius 2 is 2.06 bits per heavy atom. The molecule has 1 saturated carbocycles. The Balaban J connectivity index is 2.40. The van der Waals surface area contributed by atoms with Crippen molar-refractivity contribution in [3.05, 3.63) is 0 Å². The standard InChI is InChI=1S/C12H23NO3/c1-5-9(10(14)8-6-7-8)13-11(15)16-12(2,3)4/h8-10,14H,5-7H2,1-4H3,(H,13,15)/t9-,10?/m0/s1. The molecule has 16 heavy (non-hydrogen) atoms. The Bertz CT molecular complexity index is 243. The van der Waals surface area contributed by atoms with Crippen LogP contribution >= 0.6 is 0 Å². The number of carbonyl (C=O) groups excluding carboxylic acids is 1. The lowest BCUT2D eigenvalue weighted by Gasteiger charge is -2.25. The summed E-state index contributed by atoms with van der Waals surface area (Å²) in [6, 6.07) is -0.192. The van der Waals surface area contributed by atoms with Crippen LogP contribution in [0.4, 0.5) is 4.79 Å². The lowest BCUT2D eigenvalue weighted by atomic mass is 10.0. The van der Waals surface area contributed by atoms with Gasteiger partial charge in [0, 0.05) is 0 Å².